The van der Waals surface area contributed by atoms with Crippen molar-refractivity contribution in [1.82, 2.24) is 10.2 Å². The first kappa shape index (κ1) is 14.8. The summed E-state index contributed by atoms with van der Waals surface area (Å²) in [5.41, 5.74) is 5.73. The number of rotatable bonds is 4. The summed E-state index contributed by atoms with van der Waals surface area (Å²) in [6.45, 7) is 8.17. The van der Waals surface area contributed by atoms with Gasteiger partial charge in [-0.2, -0.15) is 0 Å². The second-order valence-electron chi connectivity index (χ2n) is 6.52. The number of likely N-dealkylation sites (tertiary alicyclic amines) is 1. The van der Waals surface area contributed by atoms with E-state index in [1.807, 2.05) is 0 Å². The highest BCUT2D eigenvalue weighted by Crippen LogP contribution is 2.27. The molecular formula is C15H29N3O. The zero-order valence-electron chi connectivity index (χ0n) is 12.4. The molecule has 3 N–H and O–H groups in total. The SMILES string of the molecule is CC(CC(=O)N1CC(CN)CC1C)C1CCCNC1. The molecule has 1 amide bonds. The number of amides is 1. The van der Waals surface area contributed by atoms with E-state index in [1.54, 1.807) is 0 Å². The molecule has 0 aliphatic carbocycles. The molecule has 0 aromatic carbocycles. The highest BCUT2D eigenvalue weighted by atomic mass is 16.2. The van der Waals surface area contributed by atoms with Gasteiger partial charge in [0.25, 0.3) is 0 Å². The van der Waals surface area contributed by atoms with Gasteiger partial charge in [-0.3, -0.25) is 4.79 Å². The number of hydrogen-bond donors (Lipinski definition) is 2. The number of hydrogen-bond acceptors (Lipinski definition) is 3. The molecule has 0 radical (unpaired) electrons. The van der Waals surface area contributed by atoms with Crippen molar-refractivity contribution in [3.05, 3.63) is 0 Å². The van der Waals surface area contributed by atoms with Crippen molar-refractivity contribution in [2.24, 2.45) is 23.5 Å². The minimum atomic E-state index is 0.335. The van der Waals surface area contributed by atoms with Crippen LogP contribution in [0.5, 0.6) is 0 Å². The van der Waals surface area contributed by atoms with E-state index >= 15 is 0 Å². The molecule has 2 aliphatic heterocycles. The van der Waals surface area contributed by atoms with E-state index in [1.165, 1.54) is 12.8 Å². The molecule has 2 rings (SSSR count). The van der Waals surface area contributed by atoms with Gasteiger partial charge in [-0.25, -0.2) is 0 Å². The van der Waals surface area contributed by atoms with Crippen molar-refractivity contribution < 1.29 is 4.79 Å². The molecule has 0 aromatic heterocycles. The van der Waals surface area contributed by atoms with Crippen LogP contribution in [0.25, 0.3) is 0 Å². The molecule has 2 saturated heterocycles. The summed E-state index contributed by atoms with van der Waals surface area (Å²) >= 11 is 0. The zero-order chi connectivity index (χ0) is 13.8. The third kappa shape index (κ3) is 3.69. The summed E-state index contributed by atoms with van der Waals surface area (Å²) in [6.07, 6.45) is 4.29. The van der Waals surface area contributed by atoms with E-state index in [2.05, 4.69) is 24.1 Å². The van der Waals surface area contributed by atoms with Crippen molar-refractivity contribution in [2.75, 3.05) is 26.2 Å². The van der Waals surface area contributed by atoms with E-state index in [0.717, 1.165) is 26.1 Å². The van der Waals surface area contributed by atoms with Crippen molar-refractivity contribution in [2.45, 2.75) is 45.6 Å². The Bertz CT molecular complexity index is 302. The Morgan fingerprint density at radius 2 is 2.32 bits per heavy atom. The maximum Gasteiger partial charge on any atom is 0.223 e. The summed E-state index contributed by atoms with van der Waals surface area (Å²) in [7, 11) is 0. The number of nitrogens with zero attached hydrogens (tertiary/aromatic N) is 1. The van der Waals surface area contributed by atoms with Gasteiger partial charge in [-0.1, -0.05) is 6.92 Å². The highest BCUT2D eigenvalue weighted by molar-refractivity contribution is 5.77. The maximum absolute atomic E-state index is 12.4. The average molecular weight is 267 g/mol. The molecule has 2 aliphatic rings. The number of nitrogens with two attached hydrogens (primary N) is 1. The van der Waals surface area contributed by atoms with Crippen LogP contribution in [0.4, 0.5) is 0 Å². The number of nitrogens with one attached hydrogen (secondary N) is 1. The topological polar surface area (TPSA) is 58.4 Å². The van der Waals surface area contributed by atoms with E-state index in [-0.39, 0.29) is 0 Å². The monoisotopic (exact) mass is 267 g/mol. The summed E-state index contributed by atoms with van der Waals surface area (Å²) in [6, 6.07) is 0.373. The summed E-state index contributed by atoms with van der Waals surface area (Å²) in [4.78, 5) is 14.5. The minimum Gasteiger partial charge on any atom is -0.340 e. The number of piperidine rings is 1. The fraction of sp³-hybridized carbons (Fsp3) is 0.933. The Morgan fingerprint density at radius 1 is 1.53 bits per heavy atom. The standard InChI is InChI=1S/C15H29N3O/c1-11(14-4-3-5-17-9-14)6-15(19)18-10-13(8-16)7-12(18)2/h11-14,17H,3-10,16H2,1-2H3. The predicted octanol–water partition coefficient (Wildman–Crippen LogP) is 1.21. The molecule has 4 atom stereocenters. The lowest BCUT2D eigenvalue weighted by atomic mass is 9.85. The van der Waals surface area contributed by atoms with Gasteiger partial charge >= 0.3 is 0 Å². The van der Waals surface area contributed by atoms with E-state index in [9.17, 15) is 4.79 Å². The first-order chi connectivity index (χ1) is 9.11. The van der Waals surface area contributed by atoms with Crippen LogP contribution < -0.4 is 11.1 Å². The zero-order valence-corrected chi connectivity index (χ0v) is 12.4. The van der Waals surface area contributed by atoms with Crippen LogP contribution in [0.2, 0.25) is 0 Å². The van der Waals surface area contributed by atoms with Crippen LogP contribution in [0, 0.1) is 17.8 Å². The molecule has 0 aromatic rings. The fourth-order valence-electron chi connectivity index (χ4n) is 3.58. The van der Waals surface area contributed by atoms with Crippen LogP contribution >= 0.6 is 0 Å². The Morgan fingerprint density at radius 3 is 2.89 bits per heavy atom. The second kappa shape index (κ2) is 6.71. The van der Waals surface area contributed by atoms with Gasteiger partial charge in [0.1, 0.15) is 0 Å². The average Bonchev–Trinajstić information content (AvgIpc) is 2.81. The summed E-state index contributed by atoms with van der Waals surface area (Å²) < 4.78 is 0. The molecule has 0 bridgehead atoms. The first-order valence-corrected chi connectivity index (χ1v) is 7.82. The largest absolute Gasteiger partial charge is 0.340 e. The first-order valence-electron chi connectivity index (χ1n) is 7.82. The van der Waals surface area contributed by atoms with Gasteiger partial charge in [0.15, 0.2) is 0 Å². The lowest BCUT2D eigenvalue weighted by molar-refractivity contribution is -0.133. The smallest absolute Gasteiger partial charge is 0.223 e. The lowest BCUT2D eigenvalue weighted by Crippen LogP contribution is -2.38. The van der Waals surface area contributed by atoms with Crippen molar-refractivity contribution in [3.63, 3.8) is 0 Å². The highest BCUT2D eigenvalue weighted by Gasteiger charge is 2.33. The Labute approximate surface area is 117 Å². The Balaban J connectivity index is 1.83. The third-order valence-electron chi connectivity index (χ3n) is 4.95. The van der Waals surface area contributed by atoms with Gasteiger partial charge in [-0.05, 0) is 63.6 Å². The molecule has 0 saturated carbocycles. The van der Waals surface area contributed by atoms with Gasteiger partial charge in [0, 0.05) is 19.0 Å². The van der Waals surface area contributed by atoms with Crippen LogP contribution in [0.15, 0.2) is 0 Å². The van der Waals surface area contributed by atoms with E-state index in [4.69, 9.17) is 5.73 Å². The molecule has 2 fully saturated rings. The van der Waals surface area contributed by atoms with Crippen LogP contribution in [-0.2, 0) is 4.79 Å². The fourth-order valence-corrected chi connectivity index (χ4v) is 3.58. The molecule has 4 unspecified atom stereocenters. The van der Waals surface area contributed by atoms with Gasteiger partial charge in [-0.15, -0.1) is 0 Å². The molecular weight excluding hydrogens is 238 g/mol. The molecule has 0 spiro atoms. The van der Waals surface area contributed by atoms with Crippen molar-refractivity contribution >= 4 is 5.91 Å². The summed E-state index contributed by atoms with van der Waals surface area (Å²) in [5.74, 6) is 2.00. The minimum absolute atomic E-state index is 0.335. The van der Waals surface area contributed by atoms with Crippen LogP contribution in [0.3, 0.4) is 0 Å². The lowest BCUT2D eigenvalue weighted by Gasteiger charge is -2.30. The van der Waals surface area contributed by atoms with E-state index < -0.39 is 0 Å². The molecule has 19 heavy (non-hydrogen) atoms. The number of carbonyl (C=O) groups is 1. The van der Waals surface area contributed by atoms with Crippen molar-refractivity contribution in [1.29, 1.82) is 0 Å². The predicted molar refractivity (Wildman–Crippen MR) is 77.7 cm³/mol. The second-order valence-corrected chi connectivity index (χ2v) is 6.52. The molecule has 2 heterocycles. The quantitative estimate of drug-likeness (QED) is 0.805. The number of carbonyl (C=O) groups excluding carboxylic acids is 1. The van der Waals surface area contributed by atoms with Crippen LogP contribution in [-0.4, -0.2) is 43.0 Å². The van der Waals surface area contributed by atoms with Crippen LogP contribution in [0.1, 0.15) is 39.5 Å². The summed E-state index contributed by atoms with van der Waals surface area (Å²) in [5, 5.41) is 3.44. The Hall–Kier alpha value is -0.610. The van der Waals surface area contributed by atoms with Gasteiger partial charge < -0.3 is 16.0 Å². The van der Waals surface area contributed by atoms with Crippen molar-refractivity contribution in [3.8, 4) is 0 Å². The normalized spacial score (nSPS) is 33.4. The van der Waals surface area contributed by atoms with E-state index in [0.29, 0.717) is 42.7 Å². The molecule has 4 nitrogen and oxygen atoms in total. The van der Waals surface area contributed by atoms with Gasteiger partial charge in [0.2, 0.25) is 5.91 Å². The Kier molecular flexibility index (Phi) is 5.22. The molecule has 4 heteroatoms. The maximum atomic E-state index is 12.4. The molecule has 110 valence electrons. The van der Waals surface area contributed by atoms with Gasteiger partial charge in [0.05, 0.1) is 0 Å². The third-order valence-corrected chi connectivity index (χ3v) is 4.95.